The highest BCUT2D eigenvalue weighted by molar-refractivity contribution is 5.87. The maximum atomic E-state index is 12.6. The number of amides is 1. The van der Waals surface area contributed by atoms with Crippen LogP contribution < -0.4 is 0 Å². The molecule has 5 nitrogen and oxygen atoms in total. The van der Waals surface area contributed by atoms with Gasteiger partial charge in [0.2, 0.25) is 5.91 Å². The summed E-state index contributed by atoms with van der Waals surface area (Å²) in [5.41, 5.74) is 1.07. The van der Waals surface area contributed by atoms with E-state index in [4.69, 9.17) is 9.47 Å². The Hall–Kier alpha value is -2.40. The van der Waals surface area contributed by atoms with Gasteiger partial charge in [-0.2, -0.15) is 0 Å². The molecule has 0 aromatic heterocycles. The number of morpholine rings is 1. The largest absolute Gasteiger partial charge is 0.466 e. The third-order valence-corrected chi connectivity index (χ3v) is 4.75. The molecule has 5 heteroatoms. The van der Waals surface area contributed by atoms with Gasteiger partial charge in [0.05, 0.1) is 25.7 Å². The summed E-state index contributed by atoms with van der Waals surface area (Å²) in [6.07, 6.45) is 0.665. The second-order valence-electron chi connectivity index (χ2n) is 6.49. The molecule has 0 unspecified atom stereocenters. The van der Waals surface area contributed by atoms with Crippen molar-refractivity contribution in [3.8, 4) is 0 Å². The molecule has 2 aromatic rings. The van der Waals surface area contributed by atoms with Crippen molar-refractivity contribution >= 4 is 22.6 Å². The fourth-order valence-electron chi connectivity index (χ4n) is 3.39. The summed E-state index contributed by atoms with van der Waals surface area (Å²) in [7, 11) is 0. The van der Waals surface area contributed by atoms with Crippen LogP contribution in [0.2, 0.25) is 0 Å². The van der Waals surface area contributed by atoms with E-state index in [1.807, 2.05) is 24.3 Å². The normalized spacial score (nSPS) is 15.7. The highest BCUT2D eigenvalue weighted by atomic mass is 16.5. The third-order valence-electron chi connectivity index (χ3n) is 4.75. The van der Waals surface area contributed by atoms with Gasteiger partial charge in [0.25, 0.3) is 0 Å². The molecule has 1 saturated heterocycles. The van der Waals surface area contributed by atoms with Crippen molar-refractivity contribution in [1.82, 2.24) is 4.90 Å². The monoisotopic (exact) mass is 355 g/mol. The summed E-state index contributed by atoms with van der Waals surface area (Å²) >= 11 is 0. The van der Waals surface area contributed by atoms with Crippen LogP contribution in [0.15, 0.2) is 42.5 Å². The van der Waals surface area contributed by atoms with Gasteiger partial charge in [0, 0.05) is 19.5 Å². The third kappa shape index (κ3) is 4.41. The topological polar surface area (TPSA) is 55.8 Å². The first-order valence-electron chi connectivity index (χ1n) is 9.18. The Bertz CT molecular complexity index is 762. The number of nitrogens with zero attached hydrogens (tertiary/aromatic N) is 1. The van der Waals surface area contributed by atoms with E-state index >= 15 is 0 Å². The van der Waals surface area contributed by atoms with Crippen molar-refractivity contribution in [2.45, 2.75) is 19.8 Å². The second-order valence-corrected chi connectivity index (χ2v) is 6.49. The van der Waals surface area contributed by atoms with Gasteiger partial charge in [-0.25, -0.2) is 0 Å². The number of fused-ring (bicyclic) bond motifs is 1. The van der Waals surface area contributed by atoms with Crippen molar-refractivity contribution in [3.05, 3.63) is 48.0 Å². The van der Waals surface area contributed by atoms with Crippen LogP contribution in [0.1, 0.15) is 18.9 Å². The molecule has 0 radical (unpaired) electrons. The van der Waals surface area contributed by atoms with Crippen LogP contribution in [0.5, 0.6) is 0 Å². The minimum atomic E-state index is -0.476. The molecule has 3 rings (SSSR count). The molecule has 1 heterocycles. The van der Waals surface area contributed by atoms with Crippen molar-refractivity contribution in [1.29, 1.82) is 0 Å². The number of rotatable bonds is 6. The van der Waals surface area contributed by atoms with E-state index in [0.29, 0.717) is 39.3 Å². The minimum Gasteiger partial charge on any atom is -0.466 e. The number of carbonyl (C=O) groups is 2. The highest BCUT2D eigenvalue weighted by Crippen LogP contribution is 2.24. The second kappa shape index (κ2) is 8.81. The summed E-state index contributed by atoms with van der Waals surface area (Å²) in [6.45, 7) is 4.39. The predicted octanol–water partition coefficient (Wildman–Crippen LogP) is 2.81. The number of benzene rings is 2. The molecule has 1 amide bonds. The first-order chi connectivity index (χ1) is 12.7. The lowest BCUT2D eigenvalue weighted by Gasteiger charge is -2.28. The van der Waals surface area contributed by atoms with E-state index in [1.54, 1.807) is 11.8 Å². The van der Waals surface area contributed by atoms with Crippen LogP contribution in [0, 0.1) is 5.92 Å². The number of esters is 1. The minimum absolute atomic E-state index is 0.00779. The molecular weight excluding hydrogens is 330 g/mol. The van der Waals surface area contributed by atoms with Crippen molar-refractivity contribution in [3.63, 3.8) is 0 Å². The van der Waals surface area contributed by atoms with E-state index in [9.17, 15) is 9.59 Å². The zero-order valence-electron chi connectivity index (χ0n) is 15.1. The molecule has 0 N–H and O–H groups in total. The summed E-state index contributed by atoms with van der Waals surface area (Å²) in [4.78, 5) is 26.9. The van der Waals surface area contributed by atoms with Gasteiger partial charge in [-0.1, -0.05) is 42.5 Å². The van der Waals surface area contributed by atoms with E-state index < -0.39 is 5.92 Å². The molecule has 0 aliphatic carbocycles. The van der Waals surface area contributed by atoms with Gasteiger partial charge in [-0.05, 0) is 29.7 Å². The number of hydrogen-bond donors (Lipinski definition) is 0. The first kappa shape index (κ1) is 18.4. The van der Waals surface area contributed by atoms with Gasteiger partial charge >= 0.3 is 5.97 Å². The average molecular weight is 355 g/mol. The number of hydrogen-bond acceptors (Lipinski definition) is 4. The Kier molecular flexibility index (Phi) is 6.23. The summed E-state index contributed by atoms with van der Waals surface area (Å²) < 4.78 is 10.5. The fraction of sp³-hybridized carbons (Fsp3) is 0.429. The smallest absolute Gasteiger partial charge is 0.309 e. The highest BCUT2D eigenvalue weighted by Gasteiger charge is 2.27. The van der Waals surface area contributed by atoms with E-state index in [2.05, 4.69) is 18.2 Å². The molecule has 0 bridgehead atoms. The zero-order valence-corrected chi connectivity index (χ0v) is 15.1. The van der Waals surface area contributed by atoms with Crippen LogP contribution >= 0.6 is 0 Å². The summed E-state index contributed by atoms with van der Waals surface area (Å²) in [6, 6.07) is 14.2. The van der Waals surface area contributed by atoms with Gasteiger partial charge in [-0.15, -0.1) is 0 Å². The zero-order chi connectivity index (χ0) is 18.4. The summed E-state index contributed by atoms with van der Waals surface area (Å²) in [5, 5.41) is 2.25. The maximum Gasteiger partial charge on any atom is 0.309 e. The van der Waals surface area contributed by atoms with Crippen molar-refractivity contribution in [2.75, 3.05) is 32.9 Å². The lowest BCUT2D eigenvalue weighted by Crippen LogP contribution is -2.42. The van der Waals surface area contributed by atoms with Crippen LogP contribution in [0.3, 0.4) is 0 Å². The SMILES string of the molecule is CCOC(=O)[C@H](CC(=O)N1CCOCC1)Cc1cccc2ccccc12. The van der Waals surface area contributed by atoms with Gasteiger partial charge in [0.15, 0.2) is 0 Å². The molecule has 0 spiro atoms. The Balaban J connectivity index is 1.79. The van der Waals surface area contributed by atoms with Gasteiger partial charge < -0.3 is 14.4 Å². The fourth-order valence-corrected chi connectivity index (χ4v) is 3.39. The Morgan fingerprint density at radius 1 is 1.12 bits per heavy atom. The van der Waals surface area contributed by atoms with Crippen LogP contribution in [-0.2, 0) is 25.5 Å². The molecular formula is C21H25NO4. The van der Waals surface area contributed by atoms with Crippen LogP contribution in [-0.4, -0.2) is 49.7 Å². The molecule has 26 heavy (non-hydrogen) atoms. The first-order valence-corrected chi connectivity index (χ1v) is 9.18. The molecule has 2 aromatic carbocycles. The van der Waals surface area contributed by atoms with Crippen molar-refractivity contribution < 1.29 is 19.1 Å². The summed E-state index contributed by atoms with van der Waals surface area (Å²) in [5.74, 6) is -0.787. The average Bonchev–Trinajstić information content (AvgIpc) is 2.68. The predicted molar refractivity (Wildman–Crippen MR) is 99.8 cm³/mol. The van der Waals surface area contributed by atoms with Crippen LogP contribution in [0.4, 0.5) is 0 Å². The number of ether oxygens (including phenoxy) is 2. The Morgan fingerprint density at radius 2 is 1.85 bits per heavy atom. The van der Waals surface area contributed by atoms with Crippen molar-refractivity contribution in [2.24, 2.45) is 5.92 Å². The maximum absolute atomic E-state index is 12.6. The molecule has 1 aliphatic heterocycles. The molecule has 138 valence electrons. The quantitative estimate of drug-likeness (QED) is 0.748. The lowest BCUT2D eigenvalue weighted by molar-refractivity contribution is -0.151. The molecule has 1 fully saturated rings. The van der Waals surface area contributed by atoms with E-state index in [1.165, 1.54) is 0 Å². The van der Waals surface area contributed by atoms with Gasteiger partial charge in [-0.3, -0.25) is 9.59 Å². The molecule has 1 atom stereocenters. The lowest BCUT2D eigenvalue weighted by atomic mass is 9.92. The van der Waals surface area contributed by atoms with E-state index in [0.717, 1.165) is 16.3 Å². The number of carbonyl (C=O) groups excluding carboxylic acids is 2. The van der Waals surface area contributed by atoms with Gasteiger partial charge in [0.1, 0.15) is 0 Å². The standard InChI is InChI=1S/C21H25NO4/c1-2-26-21(24)18(15-20(23)22-10-12-25-13-11-22)14-17-8-5-7-16-6-3-4-9-19(16)17/h3-9,18H,2,10-15H2,1H3/t18-/m0/s1. The molecule has 1 aliphatic rings. The Labute approximate surface area is 153 Å². The molecule has 0 saturated carbocycles. The Morgan fingerprint density at radius 3 is 2.62 bits per heavy atom. The van der Waals surface area contributed by atoms with E-state index in [-0.39, 0.29) is 18.3 Å². The van der Waals surface area contributed by atoms with Crippen LogP contribution in [0.25, 0.3) is 10.8 Å².